The van der Waals surface area contributed by atoms with Gasteiger partial charge in [-0.25, -0.2) is 0 Å². The van der Waals surface area contributed by atoms with E-state index in [1.165, 1.54) is 21.7 Å². The topological polar surface area (TPSA) is 36.9 Å². The fraction of sp³-hybridized carbons (Fsp3) is 0.586. The SMILES string of the molecule is COCOc1c(C)cc(C(C)(C)C)cc1P(c1cc(C(C)(C)C)cc(C)c1OCOC)C(C)C. The fourth-order valence-electron chi connectivity index (χ4n) is 4.03. The van der Waals surface area contributed by atoms with Crippen LogP contribution in [0.1, 0.15) is 77.6 Å². The number of hydrogen-bond donors (Lipinski definition) is 0. The van der Waals surface area contributed by atoms with Crippen molar-refractivity contribution in [1.29, 1.82) is 0 Å². The van der Waals surface area contributed by atoms with Gasteiger partial charge in [-0.1, -0.05) is 67.5 Å². The molecule has 0 aliphatic carbocycles. The van der Waals surface area contributed by atoms with E-state index in [0.29, 0.717) is 5.66 Å². The quantitative estimate of drug-likeness (QED) is 0.291. The van der Waals surface area contributed by atoms with Gasteiger partial charge in [-0.3, -0.25) is 0 Å². The highest BCUT2D eigenvalue weighted by Gasteiger charge is 2.30. The Bertz CT molecular complexity index is 892. The highest BCUT2D eigenvalue weighted by Crippen LogP contribution is 2.47. The van der Waals surface area contributed by atoms with Crippen molar-refractivity contribution in [2.24, 2.45) is 0 Å². The Balaban J connectivity index is 2.91. The second-order valence-corrected chi connectivity index (χ2v) is 14.1. The number of aryl methyl sites for hydroxylation is 2. The Hall–Kier alpha value is -1.61. The van der Waals surface area contributed by atoms with E-state index >= 15 is 0 Å². The highest BCUT2D eigenvalue weighted by molar-refractivity contribution is 7.74. The molecule has 2 aromatic carbocycles. The molecule has 0 aromatic heterocycles. The molecule has 2 aromatic rings. The lowest BCUT2D eigenvalue weighted by molar-refractivity contribution is 0.0513. The minimum Gasteiger partial charge on any atom is -0.467 e. The van der Waals surface area contributed by atoms with Gasteiger partial charge in [0.1, 0.15) is 11.5 Å². The fourth-order valence-corrected chi connectivity index (χ4v) is 6.88. The average Bonchev–Trinajstić information content (AvgIpc) is 2.70. The average molecular weight is 489 g/mol. The first-order chi connectivity index (χ1) is 15.7. The van der Waals surface area contributed by atoms with Gasteiger partial charge in [-0.2, -0.15) is 0 Å². The molecule has 0 aliphatic rings. The Morgan fingerprint density at radius 2 is 1.03 bits per heavy atom. The largest absolute Gasteiger partial charge is 0.467 e. The second-order valence-electron chi connectivity index (χ2n) is 11.3. The molecule has 0 radical (unpaired) electrons. The normalized spacial score (nSPS) is 12.5. The van der Waals surface area contributed by atoms with E-state index in [0.717, 1.165) is 22.6 Å². The Labute approximate surface area is 209 Å². The van der Waals surface area contributed by atoms with Gasteiger partial charge in [0.05, 0.1) is 0 Å². The standard InChI is InChI=1S/C29H45O4P/c1-19(2)34(24-15-22(28(5,6)7)13-20(3)26(24)32-17-30-11)25-16-23(29(8,9)10)14-21(4)27(25)33-18-31-12/h13-16,19H,17-18H2,1-12H3. The molecule has 0 spiro atoms. The van der Waals surface area contributed by atoms with Crippen molar-refractivity contribution < 1.29 is 18.9 Å². The van der Waals surface area contributed by atoms with Crippen molar-refractivity contribution in [2.45, 2.75) is 85.7 Å². The first-order valence-corrected chi connectivity index (χ1v) is 13.5. The molecular weight excluding hydrogens is 443 g/mol. The highest BCUT2D eigenvalue weighted by atomic mass is 31.1. The van der Waals surface area contributed by atoms with Crippen LogP contribution in [0, 0.1) is 13.8 Å². The van der Waals surface area contributed by atoms with Crippen LogP contribution in [0.15, 0.2) is 24.3 Å². The van der Waals surface area contributed by atoms with Gasteiger partial charge < -0.3 is 18.9 Å². The van der Waals surface area contributed by atoms with Gasteiger partial charge >= 0.3 is 0 Å². The van der Waals surface area contributed by atoms with E-state index in [4.69, 9.17) is 18.9 Å². The monoisotopic (exact) mass is 488 g/mol. The van der Waals surface area contributed by atoms with Gasteiger partial charge in [0, 0.05) is 24.8 Å². The lowest BCUT2D eigenvalue weighted by atomic mass is 9.86. The predicted octanol–water partition coefficient (Wildman–Crippen LogP) is 6.70. The van der Waals surface area contributed by atoms with Gasteiger partial charge in [-0.05, 0) is 72.6 Å². The second kappa shape index (κ2) is 11.4. The van der Waals surface area contributed by atoms with Crippen LogP contribution >= 0.6 is 7.92 Å². The van der Waals surface area contributed by atoms with Gasteiger partial charge in [0.15, 0.2) is 13.6 Å². The summed E-state index contributed by atoms with van der Waals surface area (Å²) in [5, 5.41) is 2.47. The molecule has 0 saturated heterocycles. The number of benzene rings is 2. The van der Waals surface area contributed by atoms with Crippen molar-refractivity contribution in [1.82, 2.24) is 0 Å². The zero-order chi connectivity index (χ0) is 25.8. The number of rotatable bonds is 9. The van der Waals surface area contributed by atoms with E-state index in [1.807, 2.05) is 0 Å². The van der Waals surface area contributed by atoms with E-state index in [2.05, 4.69) is 93.5 Å². The predicted molar refractivity (Wildman–Crippen MR) is 146 cm³/mol. The van der Waals surface area contributed by atoms with Crippen LogP contribution in [0.4, 0.5) is 0 Å². The summed E-state index contributed by atoms with van der Waals surface area (Å²) in [4.78, 5) is 0. The summed E-state index contributed by atoms with van der Waals surface area (Å²) >= 11 is 0. The van der Waals surface area contributed by atoms with Crippen LogP contribution in [-0.2, 0) is 20.3 Å². The third-order valence-electron chi connectivity index (χ3n) is 5.92. The molecule has 0 heterocycles. The summed E-state index contributed by atoms with van der Waals surface area (Å²) in [6.45, 7) is 22.9. The minimum atomic E-state index is -0.805. The molecule has 34 heavy (non-hydrogen) atoms. The summed E-state index contributed by atoms with van der Waals surface area (Å²) in [6.07, 6.45) is 0. The molecule has 0 aliphatic heterocycles. The maximum atomic E-state index is 6.21. The molecule has 4 nitrogen and oxygen atoms in total. The molecule has 0 fully saturated rings. The van der Waals surface area contributed by atoms with Crippen LogP contribution in [0.25, 0.3) is 0 Å². The van der Waals surface area contributed by atoms with E-state index < -0.39 is 7.92 Å². The first kappa shape index (κ1) is 28.6. The molecule has 0 unspecified atom stereocenters. The van der Waals surface area contributed by atoms with Gasteiger partial charge in [0.2, 0.25) is 0 Å². The third kappa shape index (κ3) is 6.74. The van der Waals surface area contributed by atoms with E-state index in [-0.39, 0.29) is 24.4 Å². The molecule has 0 bridgehead atoms. The molecule has 2 rings (SSSR count). The van der Waals surface area contributed by atoms with Crippen molar-refractivity contribution >= 4 is 18.5 Å². The molecular formula is C29H45O4P. The summed E-state index contributed by atoms with van der Waals surface area (Å²) in [7, 11) is 2.52. The molecule has 5 heteroatoms. The zero-order valence-corrected chi connectivity index (χ0v) is 24.3. The lowest BCUT2D eigenvalue weighted by Crippen LogP contribution is -2.27. The van der Waals surface area contributed by atoms with Crippen LogP contribution in [0.5, 0.6) is 11.5 Å². The van der Waals surface area contributed by atoms with Crippen molar-refractivity contribution in [3.63, 3.8) is 0 Å². The Morgan fingerprint density at radius 1 is 0.676 bits per heavy atom. The van der Waals surface area contributed by atoms with Crippen LogP contribution in [0.3, 0.4) is 0 Å². The number of ether oxygens (including phenoxy) is 4. The van der Waals surface area contributed by atoms with Crippen LogP contribution in [-0.4, -0.2) is 33.5 Å². The van der Waals surface area contributed by atoms with E-state index in [1.54, 1.807) is 14.2 Å². The summed E-state index contributed by atoms with van der Waals surface area (Å²) in [5.41, 5.74) is 5.30. The maximum absolute atomic E-state index is 6.21. The summed E-state index contributed by atoms with van der Waals surface area (Å²) in [5.74, 6) is 1.84. The molecule has 0 amide bonds. The minimum absolute atomic E-state index is 0.0236. The smallest absolute Gasteiger partial charge is 0.188 e. The van der Waals surface area contributed by atoms with E-state index in [9.17, 15) is 0 Å². The summed E-state index contributed by atoms with van der Waals surface area (Å²) < 4.78 is 23.0. The molecule has 0 N–H and O–H groups in total. The van der Waals surface area contributed by atoms with Gasteiger partial charge in [0.25, 0.3) is 0 Å². The number of hydrogen-bond acceptors (Lipinski definition) is 4. The zero-order valence-electron chi connectivity index (χ0n) is 23.4. The first-order valence-electron chi connectivity index (χ1n) is 12.0. The van der Waals surface area contributed by atoms with Crippen LogP contribution < -0.4 is 20.1 Å². The number of methoxy groups -OCH3 is 2. The Kier molecular flexibility index (Phi) is 9.61. The molecule has 190 valence electrons. The Morgan fingerprint density at radius 3 is 1.29 bits per heavy atom. The summed E-state index contributed by atoms with van der Waals surface area (Å²) in [6, 6.07) is 9.20. The molecule has 0 saturated carbocycles. The molecule has 0 atom stereocenters. The van der Waals surface area contributed by atoms with Crippen molar-refractivity contribution in [3.05, 3.63) is 46.5 Å². The van der Waals surface area contributed by atoms with Crippen molar-refractivity contribution in [3.8, 4) is 11.5 Å². The van der Waals surface area contributed by atoms with Crippen molar-refractivity contribution in [2.75, 3.05) is 27.8 Å². The van der Waals surface area contributed by atoms with Crippen LogP contribution in [0.2, 0.25) is 0 Å². The third-order valence-corrected chi connectivity index (χ3v) is 8.66. The maximum Gasteiger partial charge on any atom is 0.188 e. The lowest BCUT2D eigenvalue weighted by Gasteiger charge is -2.32. The van der Waals surface area contributed by atoms with Gasteiger partial charge in [-0.15, -0.1) is 0 Å².